The van der Waals surface area contributed by atoms with Gasteiger partial charge in [-0.3, -0.25) is 9.59 Å². The van der Waals surface area contributed by atoms with E-state index in [4.69, 9.17) is 0 Å². The summed E-state index contributed by atoms with van der Waals surface area (Å²) in [6.07, 6.45) is 5.42. The third kappa shape index (κ3) is 2.55. The monoisotopic (exact) mass is 272 g/mol. The number of anilines is 2. The van der Waals surface area contributed by atoms with Gasteiger partial charge in [-0.15, -0.1) is 0 Å². The number of hydrogen-bond donors (Lipinski definition) is 0. The highest BCUT2D eigenvalue weighted by molar-refractivity contribution is 5.96. The summed E-state index contributed by atoms with van der Waals surface area (Å²) in [4.78, 5) is 27.5. The second-order valence-electron chi connectivity index (χ2n) is 5.52. The highest BCUT2D eigenvalue weighted by Gasteiger charge is 2.22. The van der Waals surface area contributed by atoms with Crippen molar-refractivity contribution < 1.29 is 9.59 Å². The molecule has 4 nitrogen and oxygen atoms in total. The van der Waals surface area contributed by atoms with Crippen molar-refractivity contribution in [2.45, 2.75) is 38.5 Å². The maximum Gasteiger partial charge on any atom is 0.226 e. The van der Waals surface area contributed by atoms with Crippen molar-refractivity contribution in [2.75, 3.05) is 22.9 Å². The van der Waals surface area contributed by atoms with E-state index in [1.807, 2.05) is 34.1 Å². The number of carbonyl (C=O) groups is 2. The van der Waals surface area contributed by atoms with Crippen LogP contribution in [-0.2, 0) is 9.59 Å². The molecular weight excluding hydrogens is 252 g/mol. The van der Waals surface area contributed by atoms with Gasteiger partial charge < -0.3 is 9.80 Å². The van der Waals surface area contributed by atoms with Crippen LogP contribution in [0.3, 0.4) is 0 Å². The van der Waals surface area contributed by atoms with Gasteiger partial charge in [0.1, 0.15) is 0 Å². The molecule has 1 aromatic carbocycles. The summed E-state index contributed by atoms with van der Waals surface area (Å²) < 4.78 is 0. The van der Waals surface area contributed by atoms with Gasteiger partial charge in [-0.05, 0) is 49.9 Å². The van der Waals surface area contributed by atoms with Gasteiger partial charge in [0.15, 0.2) is 0 Å². The second kappa shape index (κ2) is 5.65. The van der Waals surface area contributed by atoms with Crippen molar-refractivity contribution in [3.8, 4) is 0 Å². The predicted molar refractivity (Wildman–Crippen MR) is 78.9 cm³/mol. The zero-order chi connectivity index (χ0) is 13.9. The summed E-state index contributed by atoms with van der Waals surface area (Å²) in [5.41, 5.74) is 1.89. The van der Waals surface area contributed by atoms with Gasteiger partial charge in [-0.25, -0.2) is 0 Å². The molecule has 2 heterocycles. The molecule has 0 saturated carbocycles. The first-order valence-electron chi connectivity index (χ1n) is 7.46. The van der Waals surface area contributed by atoms with Crippen LogP contribution in [0.25, 0.3) is 0 Å². The highest BCUT2D eigenvalue weighted by atomic mass is 16.2. The number of rotatable bonds is 2. The first-order valence-corrected chi connectivity index (χ1v) is 7.46. The van der Waals surface area contributed by atoms with E-state index in [1.165, 1.54) is 0 Å². The van der Waals surface area contributed by atoms with Crippen LogP contribution in [0, 0.1) is 0 Å². The van der Waals surface area contributed by atoms with Crippen LogP contribution in [0.2, 0.25) is 0 Å². The number of benzene rings is 1. The van der Waals surface area contributed by atoms with E-state index < -0.39 is 0 Å². The van der Waals surface area contributed by atoms with Gasteiger partial charge in [0, 0.05) is 37.3 Å². The van der Waals surface area contributed by atoms with E-state index in [9.17, 15) is 9.59 Å². The number of carbonyl (C=O) groups excluding carboxylic acids is 2. The minimum Gasteiger partial charge on any atom is -0.312 e. The first kappa shape index (κ1) is 13.2. The molecule has 0 bridgehead atoms. The number of amides is 2. The molecule has 1 aromatic rings. The summed E-state index contributed by atoms with van der Waals surface area (Å²) in [5, 5.41) is 0. The highest BCUT2D eigenvalue weighted by Crippen LogP contribution is 2.26. The summed E-state index contributed by atoms with van der Waals surface area (Å²) in [5.74, 6) is 0.413. The summed E-state index contributed by atoms with van der Waals surface area (Å²) in [6.45, 7) is 1.61. The molecule has 0 atom stereocenters. The van der Waals surface area contributed by atoms with Crippen molar-refractivity contribution in [3.05, 3.63) is 24.3 Å². The normalized spacial score (nSPS) is 20.4. The van der Waals surface area contributed by atoms with E-state index in [1.54, 1.807) is 0 Å². The lowest BCUT2D eigenvalue weighted by molar-refractivity contribution is -0.120. The van der Waals surface area contributed by atoms with Crippen molar-refractivity contribution >= 4 is 23.2 Å². The lowest BCUT2D eigenvalue weighted by Gasteiger charge is -2.29. The van der Waals surface area contributed by atoms with E-state index in [0.717, 1.165) is 50.1 Å². The van der Waals surface area contributed by atoms with Gasteiger partial charge in [0.25, 0.3) is 0 Å². The second-order valence-corrected chi connectivity index (χ2v) is 5.52. The van der Waals surface area contributed by atoms with Crippen LogP contribution >= 0.6 is 0 Å². The molecule has 0 radical (unpaired) electrons. The number of hydrogen-bond acceptors (Lipinski definition) is 2. The fourth-order valence-electron chi connectivity index (χ4n) is 2.97. The quantitative estimate of drug-likeness (QED) is 0.830. The molecule has 2 saturated heterocycles. The molecule has 2 aliphatic heterocycles. The molecule has 0 N–H and O–H groups in total. The molecular formula is C16H20N2O2. The minimum atomic E-state index is 0.207. The maximum atomic E-state index is 11.9. The van der Waals surface area contributed by atoms with Crippen molar-refractivity contribution in [2.24, 2.45) is 0 Å². The molecule has 20 heavy (non-hydrogen) atoms. The molecule has 0 unspecified atom stereocenters. The van der Waals surface area contributed by atoms with Gasteiger partial charge in [0.05, 0.1) is 0 Å². The number of nitrogens with zero attached hydrogens (tertiary/aromatic N) is 2. The molecule has 106 valence electrons. The molecule has 2 aliphatic rings. The van der Waals surface area contributed by atoms with Gasteiger partial charge in [0.2, 0.25) is 11.8 Å². The van der Waals surface area contributed by atoms with Crippen LogP contribution in [-0.4, -0.2) is 24.9 Å². The molecule has 0 spiro atoms. The third-order valence-electron chi connectivity index (χ3n) is 4.12. The van der Waals surface area contributed by atoms with Gasteiger partial charge in [-0.2, -0.15) is 0 Å². The van der Waals surface area contributed by atoms with E-state index in [-0.39, 0.29) is 11.8 Å². The Morgan fingerprint density at radius 2 is 1.05 bits per heavy atom. The van der Waals surface area contributed by atoms with Crippen molar-refractivity contribution in [3.63, 3.8) is 0 Å². The van der Waals surface area contributed by atoms with Crippen LogP contribution in [0.5, 0.6) is 0 Å². The Morgan fingerprint density at radius 1 is 0.650 bits per heavy atom. The fourth-order valence-corrected chi connectivity index (χ4v) is 2.97. The molecule has 3 rings (SSSR count). The average molecular weight is 272 g/mol. The van der Waals surface area contributed by atoms with E-state index in [0.29, 0.717) is 12.8 Å². The van der Waals surface area contributed by atoms with Gasteiger partial charge in [-0.1, -0.05) is 0 Å². The molecule has 4 heteroatoms. The van der Waals surface area contributed by atoms with Gasteiger partial charge >= 0.3 is 0 Å². The average Bonchev–Trinajstić information content (AvgIpc) is 2.49. The minimum absolute atomic E-state index is 0.207. The zero-order valence-electron chi connectivity index (χ0n) is 11.7. The molecule has 2 amide bonds. The smallest absolute Gasteiger partial charge is 0.226 e. The molecule has 0 aromatic heterocycles. The Balaban J connectivity index is 1.77. The summed E-state index contributed by atoms with van der Waals surface area (Å²) >= 11 is 0. The SMILES string of the molecule is O=C1CCCCN1c1ccc(N2CCCCC2=O)cc1. The Hall–Kier alpha value is -1.84. The molecule has 2 fully saturated rings. The maximum absolute atomic E-state index is 11.9. The lowest BCUT2D eigenvalue weighted by atomic mass is 10.1. The van der Waals surface area contributed by atoms with E-state index in [2.05, 4.69) is 0 Å². The topological polar surface area (TPSA) is 40.6 Å². The Bertz CT molecular complexity index is 463. The standard InChI is InChI=1S/C16H20N2O2/c19-15-5-1-3-11-17(15)13-7-9-14(10-8-13)18-12-4-2-6-16(18)20/h7-10H,1-6,11-12H2. The third-order valence-corrected chi connectivity index (χ3v) is 4.12. The zero-order valence-corrected chi connectivity index (χ0v) is 11.7. The van der Waals surface area contributed by atoms with Crippen LogP contribution in [0.4, 0.5) is 11.4 Å². The van der Waals surface area contributed by atoms with Crippen LogP contribution < -0.4 is 9.80 Å². The largest absolute Gasteiger partial charge is 0.312 e. The summed E-state index contributed by atoms with van der Waals surface area (Å²) in [7, 11) is 0. The first-order chi connectivity index (χ1) is 9.75. The van der Waals surface area contributed by atoms with Crippen LogP contribution in [0.1, 0.15) is 38.5 Å². The number of piperidine rings is 2. The Morgan fingerprint density at radius 3 is 1.40 bits per heavy atom. The van der Waals surface area contributed by atoms with E-state index >= 15 is 0 Å². The summed E-state index contributed by atoms with van der Waals surface area (Å²) in [6, 6.07) is 7.84. The Kier molecular flexibility index (Phi) is 3.72. The van der Waals surface area contributed by atoms with Crippen molar-refractivity contribution in [1.82, 2.24) is 0 Å². The van der Waals surface area contributed by atoms with Crippen LogP contribution in [0.15, 0.2) is 24.3 Å². The molecule has 0 aliphatic carbocycles. The van der Waals surface area contributed by atoms with Crippen molar-refractivity contribution in [1.29, 1.82) is 0 Å². The predicted octanol–water partition coefficient (Wildman–Crippen LogP) is 2.72. The fraction of sp³-hybridized carbons (Fsp3) is 0.500. The lowest BCUT2D eigenvalue weighted by Crippen LogP contribution is -2.36. The Labute approximate surface area is 119 Å².